The van der Waals surface area contributed by atoms with Crippen LogP contribution in [-0.2, 0) is 4.79 Å². The van der Waals surface area contributed by atoms with Crippen LogP contribution in [0.4, 0.5) is 5.69 Å². The van der Waals surface area contributed by atoms with Gasteiger partial charge in [-0.05, 0) is 61.4 Å². The summed E-state index contributed by atoms with van der Waals surface area (Å²) in [4.78, 5) is 12.3. The van der Waals surface area contributed by atoms with Crippen LogP contribution in [0.5, 0.6) is 5.75 Å². The topological polar surface area (TPSA) is 62.1 Å². The molecule has 0 saturated carbocycles. The summed E-state index contributed by atoms with van der Waals surface area (Å²) in [6.45, 7) is 3.99. The quantitative estimate of drug-likeness (QED) is 0.461. The number of nitrogens with zero attached hydrogens (tertiary/aromatic N) is 1. The summed E-state index contributed by atoms with van der Waals surface area (Å²) >= 11 is 9.57. The predicted molar refractivity (Wildman–Crippen MR) is 108 cm³/mol. The number of hydrogen-bond donors (Lipinski definition) is 1. The Morgan fingerprint density at radius 1 is 1.35 bits per heavy atom. The van der Waals surface area contributed by atoms with E-state index in [2.05, 4.69) is 21.2 Å². The molecular weight excluding hydrogens is 416 g/mol. The van der Waals surface area contributed by atoms with Crippen molar-refractivity contribution in [3.05, 3.63) is 63.1 Å². The molecule has 1 amide bonds. The van der Waals surface area contributed by atoms with Gasteiger partial charge in [-0.1, -0.05) is 40.5 Å². The van der Waals surface area contributed by atoms with Crippen LogP contribution in [0.15, 0.2) is 52.5 Å². The van der Waals surface area contributed by atoms with E-state index in [1.54, 1.807) is 42.5 Å². The number of carbonyl (C=O) groups is 1. The van der Waals surface area contributed by atoms with Gasteiger partial charge >= 0.3 is 0 Å². The van der Waals surface area contributed by atoms with Crippen LogP contribution < -0.4 is 10.1 Å². The average Bonchev–Trinajstić information content (AvgIpc) is 2.63. The number of hydrogen-bond acceptors (Lipinski definition) is 3. The van der Waals surface area contributed by atoms with Gasteiger partial charge in [0.15, 0.2) is 0 Å². The number of nitriles is 1. The van der Waals surface area contributed by atoms with E-state index in [9.17, 15) is 10.1 Å². The van der Waals surface area contributed by atoms with Crippen molar-refractivity contribution in [3.8, 4) is 11.8 Å². The maximum atomic E-state index is 12.3. The third-order valence-corrected chi connectivity index (χ3v) is 4.46. The summed E-state index contributed by atoms with van der Waals surface area (Å²) in [6, 6.07) is 14.2. The zero-order chi connectivity index (χ0) is 19.1. The minimum absolute atomic E-state index is 0.0143. The monoisotopic (exact) mass is 432 g/mol. The first-order valence-electron chi connectivity index (χ1n) is 8.07. The lowest BCUT2D eigenvalue weighted by Crippen LogP contribution is -2.13. The average molecular weight is 434 g/mol. The van der Waals surface area contributed by atoms with Crippen LogP contribution in [-0.4, -0.2) is 12.0 Å². The van der Waals surface area contributed by atoms with Gasteiger partial charge in [-0.25, -0.2) is 0 Å². The standard InChI is InChI=1S/C20H18BrClN2O2/c1-3-13(2)26-19-9-4-14(11-18(19)22)10-15(12-23)20(25)24-17-7-5-16(21)6-8-17/h4-11,13H,3H2,1-2H3,(H,24,25)/b15-10-/t13-/m1/s1. The van der Waals surface area contributed by atoms with Gasteiger partial charge in [0.1, 0.15) is 17.4 Å². The SMILES string of the molecule is CC[C@@H](C)Oc1ccc(/C=C(/C#N)C(=O)Nc2ccc(Br)cc2)cc1Cl. The summed E-state index contributed by atoms with van der Waals surface area (Å²) in [5, 5.41) is 12.4. The Balaban J connectivity index is 2.17. The van der Waals surface area contributed by atoms with Crippen molar-refractivity contribution in [2.75, 3.05) is 5.32 Å². The predicted octanol–water partition coefficient (Wildman–Crippen LogP) is 5.83. The molecule has 0 unspecified atom stereocenters. The molecule has 0 aromatic heterocycles. The van der Waals surface area contributed by atoms with Gasteiger partial charge in [0.05, 0.1) is 11.1 Å². The molecule has 0 aliphatic carbocycles. The molecule has 0 heterocycles. The van der Waals surface area contributed by atoms with Crippen molar-refractivity contribution in [3.63, 3.8) is 0 Å². The van der Waals surface area contributed by atoms with Gasteiger partial charge in [-0.15, -0.1) is 0 Å². The molecular formula is C20H18BrClN2O2. The molecule has 0 aliphatic rings. The van der Waals surface area contributed by atoms with Crippen LogP contribution in [0, 0.1) is 11.3 Å². The third-order valence-electron chi connectivity index (χ3n) is 3.64. The van der Waals surface area contributed by atoms with Crippen molar-refractivity contribution in [2.24, 2.45) is 0 Å². The summed E-state index contributed by atoms with van der Waals surface area (Å²) < 4.78 is 6.62. The highest BCUT2D eigenvalue weighted by molar-refractivity contribution is 9.10. The van der Waals surface area contributed by atoms with Crippen molar-refractivity contribution in [1.29, 1.82) is 5.26 Å². The molecule has 0 fully saturated rings. The Labute approximate surface area is 166 Å². The first-order chi connectivity index (χ1) is 12.4. The normalized spacial score (nSPS) is 12.2. The number of ether oxygens (including phenoxy) is 1. The molecule has 0 saturated heterocycles. The van der Waals surface area contributed by atoms with E-state index in [1.165, 1.54) is 6.08 Å². The maximum absolute atomic E-state index is 12.3. The van der Waals surface area contributed by atoms with Crippen molar-refractivity contribution >= 4 is 45.2 Å². The summed E-state index contributed by atoms with van der Waals surface area (Å²) in [5.41, 5.74) is 1.24. The third kappa shape index (κ3) is 5.62. The Bertz CT molecular complexity index is 857. The highest BCUT2D eigenvalue weighted by atomic mass is 79.9. The Hall–Kier alpha value is -2.29. The number of benzene rings is 2. The van der Waals surface area contributed by atoms with Gasteiger partial charge < -0.3 is 10.1 Å². The molecule has 4 nitrogen and oxygen atoms in total. The van der Waals surface area contributed by atoms with Crippen LogP contribution >= 0.6 is 27.5 Å². The van der Waals surface area contributed by atoms with Crippen LogP contribution in [0.3, 0.4) is 0 Å². The molecule has 2 aromatic carbocycles. The summed E-state index contributed by atoms with van der Waals surface area (Å²) in [5.74, 6) is 0.0989. The van der Waals surface area contributed by atoms with Gasteiger partial charge in [-0.2, -0.15) is 5.26 Å². The molecule has 0 aliphatic heterocycles. The van der Waals surface area contributed by atoms with Gasteiger partial charge in [0.25, 0.3) is 5.91 Å². The largest absolute Gasteiger partial charge is 0.489 e. The van der Waals surface area contributed by atoms with E-state index >= 15 is 0 Å². The fourth-order valence-corrected chi connectivity index (χ4v) is 2.55. The van der Waals surface area contributed by atoms with E-state index < -0.39 is 5.91 Å². The van der Waals surface area contributed by atoms with Crippen molar-refractivity contribution in [2.45, 2.75) is 26.4 Å². The molecule has 26 heavy (non-hydrogen) atoms. The second-order valence-corrected chi connectivity index (χ2v) is 6.98. The van der Waals surface area contributed by atoms with Gasteiger partial charge in [0.2, 0.25) is 0 Å². The first-order valence-corrected chi connectivity index (χ1v) is 9.25. The fourth-order valence-electron chi connectivity index (χ4n) is 2.05. The molecule has 0 spiro atoms. The van der Waals surface area contributed by atoms with Crippen molar-refractivity contribution in [1.82, 2.24) is 0 Å². The summed E-state index contributed by atoms with van der Waals surface area (Å²) in [7, 11) is 0. The number of nitrogens with one attached hydrogen (secondary N) is 1. The Morgan fingerprint density at radius 3 is 2.62 bits per heavy atom. The minimum Gasteiger partial charge on any atom is -0.489 e. The van der Waals surface area contributed by atoms with Crippen LogP contribution in [0.1, 0.15) is 25.8 Å². The first kappa shape index (κ1) is 20.0. The number of amides is 1. The maximum Gasteiger partial charge on any atom is 0.266 e. The molecule has 1 atom stereocenters. The number of rotatable bonds is 6. The highest BCUT2D eigenvalue weighted by Gasteiger charge is 2.11. The lowest BCUT2D eigenvalue weighted by Gasteiger charge is -2.14. The van der Waals surface area contributed by atoms with E-state index in [0.29, 0.717) is 22.0 Å². The van der Waals surface area contributed by atoms with E-state index in [-0.39, 0.29) is 11.7 Å². The molecule has 2 aromatic rings. The molecule has 0 bridgehead atoms. The zero-order valence-electron chi connectivity index (χ0n) is 14.4. The molecule has 134 valence electrons. The van der Waals surface area contributed by atoms with Crippen LogP contribution in [0.25, 0.3) is 6.08 Å². The summed E-state index contributed by atoms with van der Waals surface area (Å²) in [6.07, 6.45) is 2.42. The number of halogens is 2. The molecule has 2 rings (SSSR count). The Kier molecular flexibility index (Phi) is 7.26. The van der Waals surface area contributed by atoms with E-state index in [1.807, 2.05) is 19.9 Å². The molecule has 1 N–H and O–H groups in total. The van der Waals surface area contributed by atoms with E-state index in [0.717, 1.165) is 10.9 Å². The van der Waals surface area contributed by atoms with Crippen molar-refractivity contribution < 1.29 is 9.53 Å². The smallest absolute Gasteiger partial charge is 0.266 e. The minimum atomic E-state index is -0.481. The van der Waals surface area contributed by atoms with E-state index in [4.69, 9.17) is 16.3 Å². The number of anilines is 1. The van der Waals surface area contributed by atoms with Crippen LogP contribution in [0.2, 0.25) is 5.02 Å². The number of carbonyl (C=O) groups excluding carboxylic acids is 1. The fraction of sp³-hybridized carbons (Fsp3) is 0.200. The molecule has 6 heteroatoms. The second-order valence-electron chi connectivity index (χ2n) is 5.66. The lowest BCUT2D eigenvalue weighted by molar-refractivity contribution is -0.112. The highest BCUT2D eigenvalue weighted by Crippen LogP contribution is 2.28. The second kappa shape index (κ2) is 9.42. The molecule has 0 radical (unpaired) electrons. The van der Waals surface area contributed by atoms with Gasteiger partial charge in [0, 0.05) is 10.2 Å². The zero-order valence-corrected chi connectivity index (χ0v) is 16.8. The Morgan fingerprint density at radius 2 is 2.04 bits per heavy atom. The lowest BCUT2D eigenvalue weighted by atomic mass is 10.1. The van der Waals surface area contributed by atoms with Gasteiger partial charge in [-0.3, -0.25) is 4.79 Å².